The Hall–Kier alpha value is -3.79. The number of amides is 2. The highest BCUT2D eigenvalue weighted by molar-refractivity contribution is 6.22. The highest BCUT2D eigenvalue weighted by Crippen LogP contribution is 2.34. The number of hydrogen-bond donors (Lipinski definition) is 0. The number of nitro benzene ring substituents is 1. The maximum absolute atomic E-state index is 13.1. The first-order valence-electron chi connectivity index (χ1n) is 10.4. The van der Waals surface area contributed by atoms with Gasteiger partial charge in [0.25, 0.3) is 17.5 Å². The van der Waals surface area contributed by atoms with Crippen LogP contribution in [0, 0.1) is 16.0 Å². The van der Waals surface area contributed by atoms with E-state index >= 15 is 0 Å². The van der Waals surface area contributed by atoms with Crippen LogP contribution in [0.1, 0.15) is 52.1 Å². The van der Waals surface area contributed by atoms with Crippen LogP contribution >= 0.6 is 0 Å². The lowest BCUT2D eigenvalue weighted by Gasteiger charge is -2.26. The molecule has 172 valence electrons. The van der Waals surface area contributed by atoms with Crippen molar-refractivity contribution in [3.8, 4) is 5.75 Å². The summed E-state index contributed by atoms with van der Waals surface area (Å²) in [4.78, 5) is 50.6. The number of rotatable bonds is 7. The summed E-state index contributed by atoms with van der Waals surface area (Å²) >= 11 is 0. The van der Waals surface area contributed by atoms with E-state index in [0.717, 1.165) is 4.90 Å². The van der Waals surface area contributed by atoms with Crippen molar-refractivity contribution in [3.63, 3.8) is 0 Å². The number of carbonyl (C=O) groups is 3. The van der Waals surface area contributed by atoms with Gasteiger partial charge in [-0.1, -0.05) is 26.0 Å². The van der Waals surface area contributed by atoms with Crippen molar-refractivity contribution < 1.29 is 33.5 Å². The average Bonchev–Trinajstić information content (AvgIpc) is 3.05. The average molecular weight is 454 g/mol. The van der Waals surface area contributed by atoms with E-state index in [1.54, 1.807) is 24.3 Å². The van der Waals surface area contributed by atoms with Gasteiger partial charge in [0, 0.05) is 23.3 Å². The summed E-state index contributed by atoms with van der Waals surface area (Å²) in [5.74, 6) is -1.53. The van der Waals surface area contributed by atoms with Crippen molar-refractivity contribution in [3.05, 3.63) is 68.8 Å². The largest absolute Gasteiger partial charge is 0.467 e. The molecule has 10 heteroatoms. The minimum atomic E-state index is -1.13. The smallest absolute Gasteiger partial charge is 0.329 e. The number of nitrogens with zero attached hydrogens (tertiary/aromatic N) is 2. The monoisotopic (exact) mass is 454 g/mol. The number of non-ortho nitro benzene ring substituents is 1. The molecule has 0 saturated heterocycles. The maximum atomic E-state index is 13.1. The molecule has 0 unspecified atom stereocenters. The second-order valence-electron chi connectivity index (χ2n) is 8.24. The van der Waals surface area contributed by atoms with Gasteiger partial charge in [0.2, 0.25) is 0 Å². The fourth-order valence-corrected chi connectivity index (χ4v) is 3.98. The van der Waals surface area contributed by atoms with E-state index in [4.69, 9.17) is 14.2 Å². The van der Waals surface area contributed by atoms with Crippen LogP contribution in [-0.4, -0.2) is 40.4 Å². The van der Waals surface area contributed by atoms with E-state index in [-0.39, 0.29) is 49.2 Å². The quantitative estimate of drug-likeness (QED) is 0.270. The highest BCUT2D eigenvalue weighted by atomic mass is 16.7. The van der Waals surface area contributed by atoms with Crippen molar-refractivity contribution >= 4 is 23.5 Å². The van der Waals surface area contributed by atoms with Crippen LogP contribution in [0.4, 0.5) is 5.69 Å². The lowest BCUT2D eigenvalue weighted by molar-refractivity contribution is -0.385. The number of ether oxygens (including phenoxy) is 3. The van der Waals surface area contributed by atoms with Crippen LogP contribution < -0.4 is 4.74 Å². The molecule has 0 fully saturated rings. The molecule has 0 N–H and O–H groups in total. The van der Waals surface area contributed by atoms with E-state index in [9.17, 15) is 24.5 Å². The zero-order valence-electron chi connectivity index (χ0n) is 18.1. The van der Waals surface area contributed by atoms with Crippen LogP contribution in [0.5, 0.6) is 5.75 Å². The molecule has 0 aromatic heterocycles. The van der Waals surface area contributed by atoms with Gasteiger partial charge < -0.3 is 14.2 Å². The van der Waals surface area contributed by atoms with Crippen molar-refractivity contribution in [2.45, 2.75) is 39.5 Å². The Morgan fingerprint density at radius 1 is 1.18 bits per heavy atom. The van der Waals surface area contributed by atoms with Gasteiger partial charge in [0.05, 0.1) is 22.7 Å². The van der Waals surface area contributed by atoms with Gasteiger partial charge >= 0.3 is 5.97 Å². The number of carbonyl (C=O) groups excluding carboxylic acids is 3. The molecule has 0 spiro atoms. The molecule has 2 aliphatic heterocycles. The normalized spacial score (nSPS) is 15.7. The molecule has 33 heavy (non-hydrogen) atoms. The third-order valence-electron chi connectivity index (χ3n) is 5.46. The van der Waals surface area contributed by atoms with Crippen LogP contribution in [0.25, 0.3) is 0 Å². The third-order valence-corrected chi connectivity index (χ3v) is 5.46. The van der Waals surface area contributed by atoms with Crippen LogP contribution in [0.3, 0.4) is 0 Å². The first-order valence-corrected chi connectivity index (χ1v) is 10.4. The third kappa shape index (κ3) is 4.29. The molecule has 0 bridgehead atoms. The number of fused-ring (bicyclic) bond motifs is 2. The maximum Gasteiger partial charge on any atom is 0.329 e. The lowest BCUT2D eigenvalue weighted by atomic mass is 10.0. The fourth-order valence-electron chi connectivity index (χ4n) is 3.98. The van der Waals surface area contributed by atoms with Gasteiger partial charge in [-0.3, -0.25) is 24.6 Å². The zero-order valence-corrected chi connectivity index (χ0v) is 18.1. The van der Waals surface area contributed by atoms with Gasteiger partial charge in [-0.2, -0.15) is 0 Å². The predicted molar refractivity (Wildman–Crippen MR) is 113 cm³/mol. The molecule has 2 aromatic rings. The Morgan fingerprint density at radius 2 is 1.85 bits per heavy atom. The van der Waals surface area contributed by atoms with Gasteiger partial charge in [-0.15, -0.1) is 0 Å². The molecule has 2 aromatic carbocycles. The lowest BCUT2D eigenvalue weighted by Crippen LogP contribution is -2.46. The summed E-state index contributed by atoms with van der Waals surface area (Å²) in [6.07, 6.45) is 0.210. The topological polar surface area (TPSA) is 125 Å². The van der Waals surface area contributed by atoms with Gasteiger partial charge in [-0.05, 0) is 24.5 Å². The molecule has 10 nitrogen and oxygen atoms in total. The van der Waals surface area contributed by atoms with Crippen LogP contribution in [0.15, 0.2) is 36.4 Å². The molecule has 0 radical (unpaired) electrons. The number of benzene rings is 2. The Balaban J connectivity index is 1.59. The zero-order chi connectivity index (χ0) is 23.7. The van der Waals surface area contributed by atoms with E-state index in [1.807, 2.05) is 13.8 Å². The second-order valence-corrected chi connectivity index (χ2v) is 8.24. The highest BCUT2D eigenvalue weighted by Gasteiger charge is 2.43. The molecule has 2 amide bonds. The van der Waals surface area contributed by atoms with Crippen molar-refractivity contribution in [2.24, 2.45) is 5.92 Å². The molecule has 2 aliphatic rings. The summed E-state index contributed by atoms with van der Waals surface area (Å²) in [7, 11) is 0. The Bertz CT molecular complexity index is 1110. The number of esters is 1. The molecule has 0 aliphatic carbocycles. The summed E-state index contributed by atoms with van der Waals surface area (Å²) in [5, 5.41) is 11.3. The van der Waals surface area contributed by atoms with Gasteiger partial charge in [0.15, 0.2) is 6.79 Å². The summed E-state index contributed by atoms with van der Waals surface area (Å²) in [6, 6.07) is 7.88. The number of nitro groups is 1. The van der Waals surface area contributed by atoms with E-state index in [0.29, 0.717) is 16.9 Å². The Labute approximate surface area is 189 Å². The standard InChI is InChI=1S/C23H22N2O8/c1-13(2)7-19(24-21(26)17-5-3-4-6-18(17)22(24)27)23(28)32-11-15-9-16(25(29)30)8-14-10-31-12-33-20(14)15/h3-6,8-9,13,19H,7,10-12H2,1-2H3/t19-/m1/s1. The SMILES string of the molecule is CC(C)C[C@H](C(=O)OCc1cc([N+](=O)[O-])cc2c1OCOC2)N1C(=O)c2ccccc2C1=O. The minimum Gasteiger partial charge on any atom is -0.467 e. The first kappa shape index (κ1) is 22.4. The van der Waals surface area contributed by atoms with Crippen molar-refractivity contribution in [2.75, 3.05) is 6.79 Å². The first-order chi connectivity index (χ1) is 15.8. The molecular weight excluding hydrogens is 432 g/mol. The molecule has 0 saturated carbocycles. The van der Waals surface area contributed by atoms with Crippen molar-refractivity contribution in [1.82, 2.24) is 4.90 Å². The van der Waals surface area contributed by atoms with Crippen LogP contribution in [-0.2, 0) is 27.5 Å². The van der Waals surface area contributed by atoms with E-state index < -0.39 is 28.7 Å². The number of imide groups is 1. The predicted octanol–water partition coefficient (Wildman–Crippen LogP) is 3.22. The minimum absolute atomic E-state index is 0.0158. The van der Waals surface area contributed by atoms with Gasteiger partial charge in [-0.25, -0.2) is 4.79 Å². The molecule has 1 atom stereocenters. The van der Waals surface area contributed by atoms with Gasteiger partial charge in [0.1, 0.15) is 18.4 Å². The summed E-state index contributed by atoms with van der Waals surface area (Å²) < 4.78 is 16.1. The summed E-state index contributed by atoms with van der Waals surface area (Å²) in [5.41, 5.74) is 1.07. The fraction of sp³-hybridized carbons (Fsp3) is 0.348. The van der Waals surface area contributed by atoms with E-state index in [1.165, 1.54) is 12.1 Å². The van der Waals surface area contributed by atoms with E-state index in [2.05, 4.69) is 0 Å². The molecule has 4 rings (SSSR count). The van der Waals surface area contributed by atoms with Crippen molar-refractivity contribution in [1.29, 1.82) is 0 Å². The second kappa shape index (κ2) is 8.99. The van der Waals surface area contributed by atoms with Crippen LogP contribution in [0.2, 0.25) is 0 Å². The Kier molecular flexibility index (Phi) is 6.10. The molecule has 2 heterocycles. The summed E-state index contributed by atoms with van der Waals surface area (Å²) in [6.45, 7) is 3.51. The molecular formula is C23H22N2O8. The number of hydrogen-bond acceptors (Lipinski definition) is 8. The Morgan fingerprint density at radius 3 is 2.45 bits per heavy atom.